The Kier molecular flexibility index (Phi) is 4.02. The minimum Gasteiger partial charge on any atom is -0.419 e. The molecular formula is C16H16N4O. The first-order chi connectivity index (χ1) is 10.3. The summed E-state index contributed by atoms with van der Waals surface area (Å²) in [5.41, 5.74) is 1.91. The van der Waals surface area contributed by atoms with Crippen LogP contribution >= 0.6 is 0 Å². The van der Waals surface area contributed by atoms with E-state index in [1.165, 1.54) is 0 Å². The van der Waals surface area contributed by atoms with Gasteiger partial charge in [0.05, 0.1) is 12.2 Å². The van der Waals surface area contributed by atoms with Crippen molar-refractivity contribution in [2.24, 2.45) is 0 Å². The zero-order valence-electron chi connectivity index (χ0n) is 11.7. The van der Waals surface area contributed by atoms with E-state index in [1.807, 2.05) is 48.5 Å². The Balaban J connectivity index is 1.63. The summed E-state index contributed by atoms with van der Waals surface area (Å²) >= 11 is 0. The van der Waals surface area contributed by atoms with Crippen molar-refractivity contribution < 1.29 is 4.42 Å². The Bertz CT molecular complexity index is 682. The normalized spacial score (nSPS) is 12.2. The lowest BCUT2D eigenvalue weighted by molar-refractivity contribution is 0.451. The maximum Gasteiger partial charge on any atom is 0.247 e. The van der Waals surface area contributed by atoms with Crippen molar-refractivity contribution in [1.29, 1.82) is 0 Å². The monoisotopic (exact) mass is 280 g/mol. The van der Waals surface area contributed by atoms with E-state index in [-0.39, 0.29) is 6.04 Å². The zero-order valence-corrected chi connectivity index (χ0v) is 11.7. The summed E-state index contributed by atoms with van der Waals surface area (Å²) in [7, 11) is 0. The SMILES string of the molecule is CC(NCc1nnc(-c2ccccc2)o1)c1ccccn1. The summed E-state index contributed by atoms with van der Waals surface area (Å²) in [5.74, 6) is 1.11. The van der Waals surface area contributed by atoms with Gasteiger partial charge in [0.25, 0.3) is 0 Å². The van der Waals surface area contributed by atoms with Crippen LogP contribution < -0.4 is 5.32 Å². The number of aromatic nitrogens is 3. The van der Waals surface area contributed by atoms with Crippen molar-refractivity contribution in [2.75, 3.05) is 0 Å². The predicted octanol–water partition coefficient (Wildman–Crippen LogP) is 2.98. The number of pyridine rings is 1. The molecule has 2 aromatic heterocycles. The van der Waals surface area contributed by atoms with Crippen molar-refractivity contribution in [3.05, 3.63) is 66.3 Å². The van der Waals surface area contributed by atoms with E-state index in [2.05, 4.69) is 27.4 Å². The molecule has 0 radical (unpaired) electrons. The molecule has 5 heteroatoms. The minimum atomic E-state index is 0.123. The Hall–Kier alpha value is -2.53. The summed E-state index contributed by atoms with van der Waals surface area (Å²) in [5, 5.41) is 11.4. The van der Waals surface area contributed by atoms with Gasteiger partial charge in [-0.3, -0.25) is 4.98 Å². The maximum absolute atomic E-state index is 5.65. The Labute approximate surface area is 123 Å². The van der Waals surface area contributed by atoms with Gasteiger partial charge in [-0.05, 0) is 31.2 Å². The highest BCUT2D eigenvalue weighted by molar-refractivity contribution is 5.51. The van der Waals surface area contributed by atoms with E-state index >= 15 is 0 Å². The van der Waals surface area contributed by atoms with Gasteiger partial charge in [-0.15, -0.1) is 10.2 Å². The van der Waals surface area contributed by atoms with E-state index in [4.69, 9.17) is 4.42 Å². The zero-order chi connectivity index (χ0) is 14.5. The molecule has 0 bridgehead atoms. The minimum absolute atomic E-state index is 0.123. The predicted molar refractivity (Wildman–Crippen MR) is 79.2 cm³/mol. The van der Waals surface area contributed by atoms with Gasteiger partial charge in [-0.2, -0.15) is 0 Å². The Morgan fingerprint density at radius 3 is 2.62 bits per heavy atom. The van der Waals surface area contributed by atoms with Gasteiger partial charge in [0.1, 0.15) is 0 Å². The fourth-order valence-corrected chi connectivity index (χ4v) is 2.00. The summed E-state index contributed by atoms with van der Waals surface area (Å²) in [4.78, 5) is 4.31. The highest BCUT2D eigenvalue weighted by Gasteiger charge is 2.10. The molecule has 0 fully saturated rings. The lowest BCUT2D eigenvalue weighted by Crippen LogP contribution is -2.19. The van der Waals surface area contributed by atoms with Gasteiger partial charge < -0.3 is 9.73 Å². The molecule has 5 nitrogen and oxygen atoms in total. The maximum atomic E-state index is 5.65. The van der Waals surface area contributed by atoms with E-state index in [1.54, 1.807) is 6.20 Å². The fraction of sp³-hybridized carbons (Fsp3) is 0.188. The molecule has 1 aromatic carbocycles. The Morgan fingerprint density at radius 2 is 1.86 bits per heavy atom. The summed E-state index contributed by atoms with van der Waals surface area (Å²) in [6.45, 7) is 2.56. The molecule has 0 spiro atoms. The van der Waals surface area contributed by atoms with Crippen molar-refractivity contribution in [1.82, 2.24) is 20.5 Å². The second kappa shape index (κ2) is 6.28. The van der Waals surface area contributed by atoms with Crippen LogP contribution in [-0.2, 0) is 6.54 Å². The quantitative estimate of drug-likeness (QED) is 0.778. The molecule has 0 aliphatic rings. The molecule has 21 heavy (non-hydrogen) atoms. The first kappa shape index (κ1) is 13.5. The molecule has 0 saturated heterocycles. The van der Waals surface area contributed by atoms with Crippen molar-refractivity contribution >= 4 is 0 Å². The second-order valence-corrected chi connectivity index (χ2v) is 4.72. The molecule has 0 amide bonds. The van der Waals surface area contributed by atoms with Crippen LogP contribution in [0.3, 0.4) is 0 Å². The number of hydrogen-bond acceptors (Lipinski definition) is 5. The molecule has 3 rings (SSSR count). The molecule has 1 atom stereocenters. The van der Waals surface area contributed by atoms with Crippen LogP contribution in [0.5, 0.6) is 0 Å². The van der Waals surface area contributed by atoms with E-state index in [0.717, 1.165) is 11.3 Å². The van der Waals surface area contributed by atoms with Crippen LogP contribution in [0.1, 0.15) is 24.6 Å². The van der Waals surface area contributed by atoms with Crippen molar-refractivity contribution in [2.45, 2.75) is 19.5 Å². The number of nitrogens with zero attached hydrogens (tertiary/aromatic N) is 3. The topological polar surface area (TPSA) is 63.8 Å². The summed E-state index contributed by atoms with van der Waals surface area (Å²) in [6.07, 6.45) is 1.79. The number of rotatable bonds is 5. The van der Waals surface area contributed by atoms with Crippen LogP contribution in [0.25, 0.3) is 11.5 Å². The second-order valence-electron chi connectivity index (χ2n) is 4.72. The summed E-state index contributed by atoms with van der Waals surface area (Å²) in [6, 6.07) is 15.7. The lowest BCUT2D eigenvalue weighted by atomic mass is 10.2. The van der Waals surface area contributed by atoms with Crippen LogP contribution in [0.4, 0.5) is 0 Å². The third-order valence-electron chi connectivity index (χ3n) is 3.18. The third kappa shape index (κ3) is 3.32. The van der Waals surface area contributed by atoms with Crippen LogP contribution in [-0.4, -0.2) is 15.2 Å². The first-order valence-corrected chi connectivity index (χ1v) is 6.85. The average molecular weight is 280 g/mol. The molecule has 0 aliphatic carbocycles. The van der Waals surface area contributed by atoms with E-state index in [9.17, 15) is 0 Å². The number of nitrogens with one attached hydrogen (secondary N) is 1. The first-order valence-electron chi connectivity index (χ1n) is 6.85. The summed E-state index contributed by atoms with van der Waals surface area (Å²) < 4.78 is 5.65. The highest BCUT2D eigenvalue weighted by atomic mass is 16.4. The number of hydrogen-bond donors (Lipinski definition) is 1. The van der Waals surface area contributed by atoms with Gasteiger partial charge in [-0.1, -0.05) is 24.3 Å². The van der Waals surface area contributed by atoms with Gasteiger partial charge in [-0.25, -0.2) is 0 Å². The largest absolute Gasteiger partial charge is 0.419 e. The highest BCUT2D eigenvalue weighted by Crippen LogP contribution is 2.17. The van der Waals surface area contributed by atoms with Crippen molar-refractivity contribution in [3.8, 4) is 11.5 Å². The molecule has 0 aliphatic heterocycles. The van der Waals surface area contributed by atoms with Crippen LogP contribution in [0, 0.1) is 0 Å². The Morgan fingerprint density at radius 1 is 1.05 bits per heavy atom. The smallest absolute Gasteiger partial charge is 0.247 e. The molecule has 1 unspecified atom stereocenters. The third-order valence-corrected chi connectivity index (χ3v) is 3.18. The van der Waals surface area contributed by atoms with Gasteiger partial charge in [0.15, 0.2) is 0 Å². The molecule has 1 N–H and O–H groups in total. The molecular weight excluding hydrogens is 264 g/mol. The van der Waals surface area contributed by atoms with Crippen LogP contribution in [0.2, 0.25) is 0 Å². The van der Waals surface area contributed by atoms with Crippen molar-refractivity contribution in [3.63, 3.8) is 0 Å². The van der Waals surface area contributed by atoms with Crippen LogP contribution in [0.15, 0.2) is 59.1 Å². The van der Waals surface area contributed by atoms with Gasteiger partial charge >= 0.3 is 0 Å². The standard InChI is InChI=1S/C16H16N4O/c1-12(14-9-5-6-10-17-14)18-11-15-19-20-16(21-15)13-7-3-2-4-8-13/h2-10,12,18H,11H2,1H3. The number of benzene rings is 1. The van der Waals surface area contributed by atoms with E-state index < -0.39 is 0 Å². The molecule has 2 heterocycles. The fourth-order valence-electron chi connectivity index (χ4n) is 2.00. The van der Waals surface area contributed by atoms with E-state index in [0.29, 0.717) is 18.3 Å². The average Bonchev–Trinajstić information content (AvgIpc) is 3.03. The van der Waals surface area contributed by atoms with Gasteiger partial charge in [0.2, 0.25) is 11.8 Å². The molecule has 0 saturated carbocycles. The lowest BCUT2D eigenvalue weighted by Gasteiger charge is -2.10. The molecule has 106 valence electrons. The molecule has 3 aromatic rings. The van der Waals surface area contributed by atoms with Gasteiger partial charge in [0, 0.05) is 17.8 Å².